The molecule has 0 bridgehead atoms. The number of rotatable bonds is 6. The Kier molecular flexibility index (Phi) is 4.73. The fourth-order valence-electron chi connectivity index (χ4n) is 2.23. The highest BCUT2D eigenvalue weighted by Gasteiger charge is 2.15. The molecule has 1 aromatic heterocycles. The van der Waals surface area contributed by atoms with Crippen molar-refractivity contribution in [2.45, 2.75) is 19.2 Å². The Morgan fingerprint density at radius 1 is 1.04 bits per heavy atom. The molecule has 6 nitrogen and oxygen atoms in total. The molecule has 0 fully saturated rings. The van der Waals surface area contributed by atoms with Crippen LogP contribution in [-0.4, -0.2) is 18.6 Å². The second-order valence-corrected chi connectivity index (χ2v) is 7.19. The van der Waals surface area contributed by atoms with Crippen LogP contribution in [0.3, 0.4) is 0 Å². The Morgan fingerprint density at radius 3 is 2.50 bits per heavy atom. The van der Waals surface area contributed by atoms with E-state index in [2.05, 4.69) is 14.9 Å². The molecule has 0 spiro atoms. The van der Waals surface area contributed by atoms with Gasteiger partial charge in [0.2, 0.25) is 21.7 Å². The Bertz CT molecular complexity index is 921. The lowest BCUT2D eigenvalue weighted by Crippen LogP contribution is -2.25. The number of nitrogens with zero attached hydrogens (tertiary/aromatic N) is 2. The summed E-state index contributed by atoms with van der Waals surface area (Å²) in [6.45, 7) is 1.85. The summed E-state index contributed by atoms with van der Waals surface area (Å²) in [7, 11) is -3.49. The number of hydrogen-bond donors (Lipinski definition) is 1. The Morgan fingerprint density at radius 2 is 1.75 bits per heavy atom. The highest BCUT2D eigenvalue weighted by atomic mass is 32.2. The van der Waals surface area contributed by atoms with E-state index in [0.717, 1.165) is 16.7 Å². The molecule has 2 aromatic carbocycles. The van der Waals surface area contributed by atoms with Gasteiger partial charge in [-0.1, -0.05) is 59.8 Å². The maximum Gasteiger partial charge on any atom is 0.242 e. The van der Waals surface area contributed by atoms with Crippen LogP contribution in [0.4, 0.5) is 0 Å². The quantitative estimate of drug-likeness (QED) is 0.744. The zero-order chi connectivity index (χ0) is 17.0. The minimum absolute atomic E-state index is 0.0337. The molecule has 0 saturated carbocycles. The van der Waals surface area contributed by atoms with Gasteiger partial charge >= 0.3 is 0 Å². The second-order valence-electron chi connectivity index (χ2n) is 5.38. The molecule has 3 aromatic rings. The van der Waals surface area contributed by atoms with E-state index in [1.54, 1.807) is 6.07 Å². The van der Waals surface area contributed by atoms with Gasteiger partial charge in [0, 0.05) is 5.56 Å². The van der Waals surface area contributed by atoms with E-state index in [9.17, 15) is 8.42 Å². The monoisotopic (exact) mass is 343 g/mol. The van der Waals surface area contributed by atoms with E-state index in [4.69, 9.17) is 4.52 Å². The number of benzene rings is 2. The van der Waals surface area contributed by atoms with E-state index in [0.29, 0.717) is 5.82 Å². The molecule has 3 rings (SSSR count). The summed E-state index contributed by atoms with van der Waals surface area (Å²) in [6, 6.07) is 16.7. The molecule has 124 valence electrons. The van der Waals surface area contributed by atoms with Crippen LogP contribution in [0.15, 0.2) is 59.1 Å². The van der Waals surface area contributed by atoms with Gasteiger partial charge in [-0.25, -0.2) is 13.1 Å². The van der Waals surface area contributed by atoms with Crippen LogP contribution >= 0.6 is 0 Å². The highest BCUT2D eigenvalue weighted by Crippen LogP contribution is 2.15. The van der Waals surface area contributed by atoms with E-state index in [1.165, 1.54) is 0 Å². The molecular weight excluding hydrogens is 326 g/mol. The van der Waals surface area contributed by atoms with Crippen molar-refractivity contribution in [1.29, 1.82) is 0 Å². The third-order valence-electron chi connectivity index (χ3n) is 3.55. The summed E-state index contributed by atoms with van der Waals surface area (Å²) in [5.74, 6) is 0.574. The van der Waals surface area contributed by atoms with E-state index >= 15 is 0 Å². The van der Waals surface area contributed by atoms with Crippen molar-refractivity contribution < 1.29 is 12.9 Å². The molecule has 0 unspecified atom stereocenters. The molecule has 0 saturated heterocycles. The first-order valence-electron chi connectivity index (χ1n) is 7.43. The summed E-state index contributed by atoms with van der Waals surface area (Å²) in [5, 5.41) is 3.86. The second kappa shape index (κ2) is 6.94. The lowest BCUT2D eigenvalue weighted by Gasteiger charge is -2.07. The van der Waals surface area contributed by atoms with Crippen molar-refractivity contribution in [3.8, 4) is 11.4 Å². The van der Waals surface area contributed by atoms with Gasteiger partial charge in [0.25, 0.3) is 0 Å². The first kappa shape index (κ1) is 16.4. The molecule has 24 heavy (non-hydrogen) atoms. The normalized spacial score (nSPS) is 11.5. The fourth-order valence-corrected chi connectivity index (χ4v) is 3.41. The van der Waals surface area contributed by atoms with E-state index in [-0.39, 0.29) is 18.2 Å². The fraction of sp³-hybridized carbons (Fsp3) is 0.176. The van der Waals surface area contributed by atoms with E-state index < -0.39 is 10.0 Å². The summed E-state index contributed by atoms with van der Waals surface area (Å²) >= 11 is 0. The Balaban J connectivity index is 1.65. The summed E-state index contributed by atoms with van der Waals surface area (Å²) in [4.78, 5) is 4.20. The summed E-state index contributed by atoms with van der Waals surface area (Å²) in [5.41, 5.74) is 2.52. The third-order valence-corrected chi connectivity index (χ3v) is 4.83. The highest BCUT2D eigenvalue weighted by molar-refractivity contribution is 7.88. The number of aromatic nitrogens is 2. The smallest absolute Gasteiger partial charge is 0.242 e. The molecule has 0 aliphatic rings. The number of sulfonamides is 1. The van der Waals surface area contributed by atoms with Crippen molar-refractivity contribution in [3.05, 3.63) is 71.6 Å². The van der Waals surface area contributed by atoms with Crippen molar-refractivity contribution in [1.82, 2.24) is 14.9 Å². The molecule has 1 N–H and O–H groups in total. The summed E-state index contributed by atoms with van der Waals surface area (Å²) < 4.78 is 32.0. The van der Waals surface area contributed by atoms with Gasteiger partial charge in [-0.05, 0) is 18.1 Å². The van der Waals surface area contributed by atoms with Crippen LogP contribution < -0.4 is 4.72 Å². The Labute approximate surface area is 140 Å². The molecule has 1 heterocycles. The molecule has 7 heteroatoms. The van der Waals surface area contributed by atoms with Crippen molar-refractivity contribution >= 4 is 10.0 Å². The lowest BCUT2D eigenvalue weighted by atomic mass is 10.1. The number of aryl methyl sites for hydroxylation is 1. The zero-order valence-corrected chi connectivity index (χ0v) is 14.0. The van der Waals surface area contributed by atoms with E-state index in [1.807, 2.05) is 55.5 Å². The summed E-state index contributed by atoms with van der Waals surface area (Å²) in [6.07, 6.45) is 0. The molecule has 0 atom stereocenters. The van der Waals surface area contributed by atoms with Gasteiger partial charge in [-0.3, -0.25) is 0 Å². The number of nitrogens with one attached hydrogen (secondary N) is 1. The third kappa shape index (κ3) is 4.06. The van der Waals surface area contributed by atoms with Gasteiger partial charge in [0.05, 0.1) is 12.3 Å². The standard InChI is InChI=1S/C17H17N3O3S/c1-13-7-5-6-10-15(13)12-24(21,22)18-11-16-19-17(20-23-16)14-8-3-2-4-9-14/h2-10,18H,11-12H2,1H3. The minimum Gasteiger partial charge on any atom is -0.338 e. The Hall–Kier alpha value is -2.51. The lowest BCUT2D eigenvalue weighted by molar-refractivity contribution is 0.376. The van der Waals surface area contributed by atoms with Crippen molar-refractivity contribution in [2.75, 3.05) is 0 Å². The van der Waals surface area contributed by atoms with Gasteiger partial charge < -0.3 is 4.52 Å². The van der Waals surface area contributed by atoms with Gasteiger partial charge in [-0.15, -0.1) is 0 Å². The molecule has 0 aliphatic carbocycles. The predicted molar refractivity (Wildman–Crippen MR) is 90.4 cm³/mol. The maximum atomic E-state index is 12.2. The van der Waals surface area contributed by atoms with Crippen LogP contribution in [0.2, 0.25) is 0 Å². The van der Waals surface area contributed by atoms with Crippen LogP contribution in [0, 0.1) is 6.92 Å². The average molecular weight is 343 g/mol. The van der Waals surface area contributed by atoms with Gasteiger partial charge in [0.1, 0.15) is 0 Å². The van der Waals surface area contributed by atoms with Crippen molar-refractivity contribution in [3.63, 3.8) is 0 Å². The van der Waals surface area contributed by atoms with Crippen LogP contribution in [0.5, 0.6) is 0 Å². The maximum absolute atomic E-state index is 12.2. The minimum atomic E-state index is -3.49. The van der Waals surface area contributed by atoms with Crippen LogP contribution in [0.1, 0.15) is 17.0 Å². The van der Waals surface area contributed by atoms with Gasteiger partial charge in [0.15, 0.2) is 0 Å². The van der Waals surface area contributed by atoms with Gasteiger partial charge in [-0.2, -0.15) is 4.98 Å². The molecular formula is C17H17N3O3S. The first-order valence-corrected chi connectivity index (χ1v) is 9.08. The molecule has 0 radical (unpaired) electrons. The first-order chi connectivity index (χ1) is 11.5. The largest absolute Gasteiger partial charge is 0.338 e. The zero-order valence-electron chi connectivity index (χ0n) is 13.1. The molecule has 0 aliphatic heterocycles. The van der Waals surface area contributed by atoms with Crippen LogP contribution in [-0.2, 0) is 22.3 Å². The van der Waals surface area contributed by atoms with Crippen molar-refractivity contribution in [2.24, 2.45) is 0 Å². The number of hydrogen-bond acceptors (Lipinski definition) is 5. The molecule has 0 amide bonds. The van der Waals surface area contributed by atoms with Crippen LogP contribution in [0.25, 0.3) is 11.4 Å². The topological polar surface area (TPSA) is 85.1 Å². The SMILES string of the molecule is Cc1ccccc1CS(=O)(=O)NCc1nc(-c2ccccc2)no1. The predicted octanol–water partition coefficient (Wildman–Crippen LogP) is 2.66. The average Bonchev–Trinajstić information content (AvgIpc) is 3.05.